The lowest BCUT2D eigenvalue weighted by Gasteiger charge is -2.33. The Kier molecular flexibility index (Phi) is 30.3. The zero-order valence-corrected chi connectivity index (χ0v) is 54.7. The number of benzene rings is 2. The molecular formula is C60H90N14O17S. The largest absolute Gasteiger partial charge is 0.494 e. The van der Waals surface area contributed by atoms with Crippen LogP contribution in [0.3, 0.4) is 0 Å². The minimum Gasteiger partial charge on any atom is -0.494 e. The molecule has 2 aromatic carbocycles. The number of aromatic nitrogens is 3. The van der Waals surface area contributed by atoms with Crippen LogP contribution in [0.5, 0.6) is 5.75 Å². The Hall–Kier alpha value is -8.11. The summed E-state index contributed by atoms with van der Waals surface area (Å²) in [6, 6.07) is 4.31. The number of esters is 2. The van der Waals surface area contributed by atoms with Gasteiger partial charge >= 0.3 is 17.9 Å². The number of carboxylic acids is 1. The van der Waals surface area contributed by atoms with Crippen LogP contribution in [-0.2, 0) is 83.5 Å². The number of ether oxygens (including phenoxy) is 3. The molecule has 1 aliphatic rings. The first kappa shape index (κ1) is 74.6. The van der Waals surface area contributed by atoms with Gasteiger partial charge in [-0.2, -0.15) is 4.72 Å². The Morgan fingerprint density at radius 1 is 0.696 bits per heavy atom. The van der Waals surface area contributed by atoms with Crippen LogP contribution in [0.15, 0.2) is 58.6 Å². The number of hydrogen-bond acceptors (Lipinski definition) is 22. The fraction of sp³-hybridized carbons (Fsp3) is 0.567. The van der Waals surface area contributed by atoms with Crippen molar-refractivity contribution in [2.24, 2.45) is 14.1 Å². The van der Waals surface area contributed by atoms with E-state index in [1.54, 1.807) is 56.1 Å². The topological polar surface area (TPSA) is 374 Å². The molecule has 3 atom stereocenters. The summed E-state index contributed by atoms with van der Waals surface area (Å²) in [6.45, 7) is 10.7. The minimum absolute atomic E-state index is 0.00615. The molecule has 1 saturated heterocycles. The maximum absolute atomic E-state index is 13.7. The van der Waals surface area contributed by atoms with Crippen LogP contribution in [0.2, 0.25) is 0 Å². The number of carbonyl (C=O) groups excluding carboxylic acids is 7. The zero-order chi connectivity index (χ0) is 67.5. The molecule has 3 heterocycles. The van der Waals surface area contributed by atoms with Gasteiger partial charge in [-0.15, -0.1) is 0 Å². The van der Waals surface area contributed by atoms with Crippen molar-refractivity contribution in [1.82, 2.24) is 65.0 Å². The maximum Gasteiger partial charge on any atom is 0.323 e. The number of fused-ring (bicyclic) bond motifs is 1. The molecular weight excluding hydrogens is 1220 g/mol. The molecule has 1 aliphatic heterocycles. The summed E-state index contributed by atoms with van der Waals surface area (Å²) < 4.78 is 48.7. The molecule has 0 spiro atoms. The summed E-state index contributed by atoms with van der Waals surface area (Å²) in [5, 5.41) is 26.9. The molecule has 0 aliphatic carbocycles. The van der Waals surface area contributed by atoms with Crippen LogP contribution in [-0.4, -0.2) is 246 Å². The second-order valence-electron chi connectivity index (χ2n) is 22.1. The first-order chi connectivity index (χ1) is 43.9. The van der Waals surface area contributed by atoms with Crippen molar-refractivity contribution >= 4 is 74.3 Å². The molecule has 2 aromatic heterocycles. The van der Waals surface area contributed by atoms with Crippen molar-refractivity contribution in [2.75, 3.05) is 138 Å². The van der Waals surface area contributed by atoms with E-state index in [2.05, 4.69) is 46.5 Å². The summed E-state index contributed by atoms with van der Waals surface area (Å²) in [4.78, 5) is 139. The number of amides is 5. The van der Waals surface area contributed by atoms with Gasteiger partial charge in [0.05, 0.1) is 64.6 Å². The number of nitrogens with one attached hydrogen (secondary N) is 7. The van der Waals surface area contributed by atoms with E-state index in [1.165, 1.54) is 53.5 Å². The molecule has 5 amide bonds. The standard InChI is InChI=1S/C60H90N14O17S/c1-10-46(67-58(82)47(11-2)66-51(76)37-72-22-20-71(28-30-91-89-9)21-23-73(38-52(77)87-7)26-27-74(25-24-72)39-53(78)88-8)57(81)62-17-16-61-50(75)13-12-29-90-43-31-40(3)55(41(4)32-43)92(85,86)68-48(59(83)84)35-64-56(80)45-36-70(6)49-33-42(14-15-44(49)54(45)79)34-65-60-63-18-19-69(60)5/h14-15,18-19,31-33,36,46-48,68H,10-13,16-17,20-30,34-35,37-39H2,1-9H3,(H,61,75)(H,62,81)(H,63,65)(H,64,80)(H,66,76)(H,67,82)(H,83,84)/t46-,47-,48?/m0/s1. The molecule has 508 valence electrons. The van der Waals surface area contributed by atoms with E-state index < -0.39 is 75.7 Å². The number of hydrogen-bond donors (Lipinski definition) is 8. The Bertz CT molecular complexity index is 3320. The van der Waals surface area contributed by atoms with E-state index in [9.17, 15) is 56.7 Å². The highest BCUT2D eigenvalue weighted by Crippen LogP contribution is 2.26. The van der Waals surface area contributed by atoms with Crippen molar-refractivity contribution < 1.29 is 75.9 Å². The number of pyridine rings is 1. The van der Waals surface area contributed by atoms with E-state index in [0.29, 0.717) is 82.7 Å². The maximum atomic E-state index is 13.7. The SMILES string of the molecule is CC[C@H](NC(=O)CN1CCN(CCOOC)CCN(CC(=O)OC)CCN(CC(=O)OC)CC1)C(=O)N[C@@H](CC)C(=O)NCCNC(=O)CCCOc1cc(C)c(S(=O)(=O)NC(CNC(=O)c2cn(C)c3cc(CNc4nccn4C)ccc3c2=O)C(=O)O)c(C)c1. The molecule has 32 heteroatoms. The van der Waals surface area contributed by atoms with Gasteiger partial charge in [-0.25, -0.2) is 23.2 Å². The molecule has 4 aromatic rings. The van der Waals surface area contributed by atoms with Gasteiger partial charge in [-0.05, 0) is 74.1 Å². The average Bonchev–Trinajstić information content (AvgIpc) is 1.03. The highest BCUT2D eigenvalue weighted by atomic mass is 32.2. The summed E-state index contributed by atoms with van der Waals surface area (Å²) in [7, 11) is 3.04. The van der Waals surface area contributed by atoms with Gasteiger partial charge in [0.25, 0.3) is 5.91 Å². The number of sulfonamides is 1. The Morgan fingerprint density at radius 3 is 1.85 bits per heavy atom. The number of carboxylic acid groups (broad SMARTS) is 1. The van der Waals surface area contributed by atoms with Gasteiger partial charge < -0.3 is 60.4 Å². The van der Waals surface area contributed by atoms with Crippen molar-refractivity contribution in [1.29, 1.82) is 0 Å². The monoisotopic (exact) mass is 1310 g/mol. The summed E-state index contributed by atoms with van der Waals surface area (Å²) in [5.41, 5.74) is 0.979. The number of aliphatic carboxylic acids is 1. The molecule has 0 radical (unpaired) electrons. The first-order valence-corrected chi connectivity index (χ1v) is 31.8. The van der Waals surface area contributed by atoms with Crippen LogP contribution in [0, 0.1) is 13.8 Å². The van der Waals surface area contributed by atoms with E-state index in [4.69, 9.17) is 24.0 Å². The minimum atomic E-state index is -4.51. The number of aryl methyl sites for hydroxylation is 4. The average molecular weight is 1310 g/mol. The number of imidazole rings is 1. The van der Waals surface area contributed by atoms with Crippen LogP contribution in [0.25, 0.3) is 10.9 Å². The molecule has 1 fully saturated rings. The summed E-state index contributed by atoms with van der Waals surface area (Å²) in [5.74, 6) is -4.16. The lowest BCUT2D eigenvalue weighted by Crippen LogP contribution is -2.55. The number of nitrogens with zero attached hydrogens (tertiary/aromatic N) is 7. The van der Waals surface area contributed by atoms with E-state index in [-0.39, 0.29) is 110 Å². The third kappa shape index (κ3) is 23.5. The van der Waals surface area contributed by atoms with Gasteiger partial charge in [0.2, 0.25) is 45.0 Å². The third-order valence-corrected chi connectivity index (χ3v) is 17.0. The Morgan fingerprint density at radius 2 is 1.28 bits per heavy atom. The predicted octanol–water partition coefficient (Wildman–Crippen LogP) is -1.01. The van der Waals surface area contributed by atoms with E-state index in [1.807, 2.05) is 26.3 Å². The molecule has 31 nitrogen and oxygen atoms in total. The summed E-state index contributed by atoms with van der Waals surface area (Å²) >= 11 is 0. The van der Waals surface area contributed by atoms with Crippen molar-refractivity contribution in [3.63, 3.8) is 0 Å². The number of carbonyl (C=O) groups is 8. The molecule has 0 bridgehead atoms. The normalized spacial score (nSPS) is 15.0. The number of anilines is 1. The number of methoxy groups -OCH3 is 2. The second-order valence-corrected chi connectivity index (χ2v) is 23.7. The van der Waals surface area contributed by atoms with Gasteiger partial charge in [0, 0.05) is 130 Å². The molecule has 1 unspecified atom stereocenters. The Labute approximate surface area is 535 Å². The van der Waals surface area contributed by atoms with Gasteiger partial charge in [-0.1, -0.05) is 19.9 Å². The second kappa shape index (κ2) is 37.4. The van der Waals surface area contributed by atoms with Crippen LogP contribution < -0.4 is 46.8 Å². The van der Waals surface area contributed by atoms with Crippen molar-refractivity contribution in [3.8, 4) is 5.75 Å². The fourth-order valence-corrected chi connectivity index (χ4v) is 11.8. The van der Waals surface area contributed by atoms with Crippen LogP contribution >= 0.6 is 0 Å². The molecule has 5 rings (SSSR count). The highest BCUT2D eigenvalue weighted by Gasteiger charge is 2.31. The smallest absolute Gasteiger partial charge is 0.323 e. The summed E-state index contributed by atoms with van der Waals surface area (Å²) in [6.07, 6.45) is 5.54. The van der Waals surface area contributed by atoms with Crippen molar-refractivity contribution in [3.05, 3.63) is 81.4 Å². The predicted molar refractivity (Wildman–Crippen MR) is 338 cm³/mol. The zero-order valence-electron chi connectivity index (χ0n) is 53.9. The van der Waals surface area contributed by atoms with Gasteiger partial charge in [0.1, 0.15) is 29.4 Å². The fourth-order valence-electron chi connectivity index (χ4n) is 10.1. The van der Waals surface area contributed by atoms with Crippen LogP contribution in [0.1, 0.15) is 66.6 Å². The van der Waals surface area contributed by atoms with Gasteiger partial charge in [-0.3, -0.25) is 62.8 Å². The van der Waals surface area contributed by atoms with Crippen LogP contribution in [0.4, 0.5) is 5.95 Å². The quantitative estimate of drug-likeness (QED) is 0.0120. The van der Waals surface area contributed by atoms with E-state index in [0.717, 1.165) is 5.56 Å². The first-order valence-electron chi connectivity index (χ1n) is 30.3. The molecule has 8 N–H and O–H groups in total. The third-order valence-electron chi connectivity index (χ3n) is 15.3. The Balaban J connectivity index is 1.04. The molecule has 92 heavy (non-hydrogen) atoms. The van der Waals surface area contributed by atoms with Crippen molar-refractivity contribution in [2.45, 2.75) is 82.9 Å². The van der Waals surface area contributed by atoms with Gasteiger partial charge in [0.15, 0.2) is 0 Å². The number of rotatable bonds is 34. The highest BCUT2D eigenvalue weighted by molar-refractivity contribution is 7.89. The van der Waals surface area contributed by atoms with E-state index >= 15 is 0 Å². The molecule has 0 saturated carbocycles. The lowest BCUT2D eigenvalue weighted by molar-refractivity contribution is -0.273. The lowest BCUT2D eigenvalue weighted by atomic mass is 10.1.